The number of carbonyl (C=O) groups is 1. The molecule has 11 nitrogen and oxygen atoms in total. The topological polar surface area (TPSA) is 137 Å². The van der Waals surface area contributed by atoms with E-state index in [0.717, 1.165) is 11.4 Å². The molecule has 0 aliphatic carbocycles. The molecule has 33 heavy (non-hydrogen) atoms. The Hall–Kier alpha value is -3.51. The van der Waals surface area contributed by atoms with E-state index in [1.807, 2.05) is 36.9 Å². The van der Waals surface area contributed by atoms with Crippen molar-refractivity contribution in [2.24, 2.45) is 5.73 Å². The van der Waals surface area contributed by atoms with E-state index < -0.39 is 15.9 Å². The third kappa shape index (κ3) is 4.39. The number of methoxy groups -OCH3 is 1. The minimum absolute atomic E-state index is 0.000388. The summed E-state index contributed by atoms with van der Waals surface area (Å²) in [5.41, 5.74) is 7.25. The van der Waals surface area contributed by atoms with Gasteiger partial charge in [0.15, 0.2) is 11.6 Å². The number of sulfonamides is 1. The maximum absolute atomic E-state index is 13.1. The van der Waals surface area contributed by atoms with Crippen LogP contribution >= 0.6 is 0 Å². The molecule has 3 aromatic rings. The van der Waals surface area contributed by atoms with Crippen molar-refractivity contribution < 1.29 is 17.9 Å². The standard InChI is InChI=1S/C21H25N7O4S/c1-14-12-15(2)28(25-14)20-7-6-19(23-24-20)26-8-10-27(11-9-26)33(30,31)16-4-5-18(32-3)17(13-16)21(22)29/h4-7,12-13H,8-11H2,1-3H3,(H2,22,29). The predicted octanol–water partition coefficient (Wildman–Crippen LogP) is 0.898. The summed E-state index contributed by atoms with van der Waals surface area (Å²) in [4.78, 5) is 13.7. The molecule has 2 aromatic heterocycles. The van der Waals surface area contributed by atoms with Crippen molar-refractivity contribution in [1.29, 1.82) is 0 Å². The van der Waals surface area contributed by atoms with Crippen LogP contribution in [0.25, 0.3) is 5.82 Å². The Morgan fingerprint density at radius 3 is 2.21 bits per heavy atom. The molecular formula is C21H25N7O4S. The smallest absolute Gasteiger partial charge is 0.252 e. The van der Waals surface area contributed by atoms with Gasteiger partial charge < -0.3 is 15.4 Å². The summed E-state index contributed by atoms with van der Waals surface area (Å²) in [5.74, 6) is 0.762. The summed E-state index contributed by atoms with van der Waals surface area (Å²) >= 11 is 0. The van der Waals surface area contributed by atoms with Crippen LogP contribution in [0, 0.1) is 13.8 Å². The zero-order valence-corrected chi connectivity index (χ0v) is 19.4. The molecule has 1 saturated heterocycles. The molecule has 0 bridgehead atoms. The lowest BCUT2D eigenvalue weighted by Crippen LogP contribution is -2.49. The third-order valence-corrected chi connectivity index (χ3v) is 7.39. The van der Waals surface area contributed by atoms with Gasteiger partial charge in [0.2, 0.25) is 10.0 Å². The van der Waals surface area contributed by atoms with Crippen LogP contribution in [0.2, 0.25) is 0 Å². The van der Waals surface area contributed by atoms with Crippen molar-refractivity contribution >= 4 is 21.7 Å². The fourth-order valence-corrected chi connectivity index (χ4v) is 5.26. The van der Waals surface area contributed by atoms with Crippen LogP contribution in [-0.2, 0) is 10.0 Å². The molecule has 4 rings (SSSR count). The molecule has 0 saturated carbocycles. The van der Waals surface area contributed by atoms with Crippen molar-refractivity contribution in [3.63, 3.8) is 0 Å². The molecule has 174 valence electrons. The Morgan fingerprint density at radius 1 is 1.00 bits per heavy atom. The number of piperazine rings is 1. The fraction of sp³-hybridized carbons (Fsp3) is 0.333. The number of aryl methyl sites for hydroxylation is 2. The lowest BCUT2D eigenvalue weighted by atomic mass is 10.2. The van der Waals surface area contributed by atoms with E-state index in [2.05, 4.69) is 15.3 Å². The maximum Gasteiger partial charge on any atom is 0.252 e. The Labute approximate surface area is 191 Å². The summed E-state index contributed by atoms with van der Waals surface area (Å²) in [5, 5.41) is 13.0. The summed E-state index contributed by atoms with van der Waals surface area (Å²) in [6, 6.07) is 9.76. The Bertz CT molecular complexity index is 1280. The first-order chi connectivity index (χ1) is 15.7. The van der Waals surface area contributed by atoms with E-state index in [1.54, 1.807) is 4.68 Å². The number of ether oxygens (including phenoxy) is 1. The van der Waals surface area contributed by atoms with Gasteiger partial charge >= 0.3 is 0 Å². The number of hydrogen-bond acceptors (Lipinski definition) is 8. The molecule has 2 N–H and O–H groups in total. The lowest BCUT2D eigenvalue weighted by molar-refractivity contribution is 0.0997. The van der Waals surface area contributed by atoms with Crippen molar-refractivity contribution in [2.45, 2.75) is 18.7 Å². The van der Waals surface area contributed by atoms with Gasteiger partial charge in [0.25, 0.3) is 5.91 Å². The first kappa shape index (κ1) is 22.7. The van der Waals surface area contributed by atoms with Gasteiger partial charge in [0, 0.05) is 31.9 Å². The highest BCUT2D eigenvalue weighted by atomic mass is 32.2. The number of carbonyl (C=O) groups excluding carboxylic acids is 1. The quantitative estimate of drug-likeness (QED) is 0.560. The van der Waals surface area contributed by atoms with E-state index >= 15 is 0 Å². The molecular weight excluding hydrogens is 446 g/mol. The van der Waals surface area contributed by atoms with Crippen LogP contribution in [0.4, 0.5) is 5.82 Å². The molecule has 0 radical (unpaired) electrons. The fourth-order valence-electron chi connectivity index (χ4n) is 3.81. The van der Waals surface area contributed by atoms with Crippen molar-refractivity contribution in [3.05, 3.63) is 53.3 Å². The van der Waals surface area contributed by atoms with Gasteiger partial charge in [-0.25, -0.2) is 13.1 Å². The van der Waals surface area contributed by atoms with Crippen LogP contribution in [0.1, 0.15) is 21.7 Å². The molecule has 1 aliphatic heterocycles. The molecule has 0 unspecified atom stereocenters. The highest BCUT2D eigenvalue weighted by molar-refractivity contribution is 7.89. The number of nitrogens with two attached hydrogens (primary N) is 1. The minimum Gasteiger partial charge on any atom is -0.496 e. The third-order valence-electron chi connectivity index (χ3n) is 5.50. The number of anilines is 1. The van der Waals surface area contributed by atoms with Gasteiger partial charge in [-0.05, 0) is 50.2 Å². The number of hydrogen-bond donors (Lipinski definition) is 1. The molecule has 1 aliphatic rings. The SMILES string of the molecule is COc1ccc(S(=O)(=O)N2CCN(c3ccc(-n4nc(C)cc4C)nn3)CC2)cc1C(N)=O. The van der Waals surface area contributed by atoms with E-state index in [9.17, 15) is 13.2 Å². The van der Waals surface area contributed by atoms with Gasteiger partial charge in [-0.1, -0.05) is 0 Å². The number of benzene rings is 1. The normalized spacial score (nSPS) is 14.9. The summed E-state index contributed by atoms with van der Waals surface area (Å²) in [6.45, 7) is 5.30. The Kier molecular flexibility index (Phi) is 6.04. The monoisotopic (exact) mass is 471 g/mol. The van der Waals surface area contributed by atoms with E-state index in [4.69, 9.17) is 10.5 Å². The first-order valence-corrected chi connectivity index (χ1v) is 11.7. The largest absolute Gasteiger partial charge is 0.496 e. The molecule has 12 heteroatoms. The lowest BCUT2D eigenvalue weighted by Gasteiger charge is -2.34. The van der Waals surface area contributed by atoms with Crippen molar-refractivity contribution in [3.8, 4) is 11.6 Å². The number of nitrogens with zero attached hydrogens (tertiary/aromatic N) is 6. The Morgan fingerprint density at radius 2 is 1.67 bits per heavy atom. The Balaban J connectivity index is 1.47. The number of amides is 1. The predicted molar refractivity (Wildman–Crippen MR) is 121 cm³/mol. The maximum atomic E-state index is 13.1. The van der Waals surface area contributed by atoms with Crippen LogP contribution in [0.5, 0.6) is 5.75 Å². The zero-order valence-electron chi connectivity index (χ0n) is 18.6. The molecule has 3 heterocycles. The van der Waals surface area contributed by atoms with Crippen molar-refractivity contribution in [1.82, 2.24) is 24.3 Å². The van der Waals surface area contributed by atoms with E-state index in [0.29, 0.717) is 24.7 Å². The second-order valence-electron chi connectivity index (χ2n) is 7.71. The average Bonchev–Trinajstić information content (AvgIpc) is 3.16. The average molecular weight is 472 g/mol. The highest BCUT2D eigenvalue weighted by Gasteiger charge is 2.30. The molecule has 0 spiro atoms. The second-order valence-corrected chi connectivity index (χ2v) is 9.64. The van der Waals surface area contributed by atoms with E-state index in [1.165, 1.54) is 29.6 Å². The van der Waals surface area contributed by atoms with Crippen LogP contribution in [0.3, 0.4) is 0 Å². The number of rotatable bonds is 6. The molecule has 1 amide bonds. The number of aromatic nitrogens is 4. The second kappa shape index (κ2) is 8.79. The van der Waals surface area contributed by atoms with Gasteiger partial charge in [-0.3, -0.25) is 4.79 Å². The van der Waals surface area contributed by atoms with Gasteiger partial charge in [0.05, 0.1) is 23.3 Å². The molecule has 1 aromatic carbocycles. The van der Waals surface area contributed by atoms with Gasteiger partial charge in [0.1, 0.15) is 5.75 Å². The van der Waals surface area contributed by atoms with Crippen LogP contribution in [0.15, 0.2) is 41.3 Å². The van der Waals surface area contributed by atoms with Crippen LogP contribution in [-0.4, -0.2) is 71.9 Å². The summed E-state index contributed by atoms with van der Waals surface area (Å²) in [7, 11) is -2.41. The summed E-state index contributed by atoms with van der Waals surface area (Å²) < 4.78 is 34.4. The molecule has 1 fully saturated rings. The minimum atomic E-state index is -3.80. The van der Waals surface area contributed by atoms with E-state index in [-0.39, 0.29) is 29.3 Å². The zero-order chi connectivity index (χ0) is 23.8. The summed E-state index contributed by atoms with van der Waals surface area (Å²) in [6.07, 6.45) is 0. The van der Waals surface area contributed by atoms with Gasteiger partial charge in [-0.15, -0.1) is 10.2 Å². The number of primary amides is 1. The van der Waals surface area contributed by atoms with Gasteiger partial charge in [-0.2, -0.15) is 9.40 Å². The van der Waals surface area contributed by atoms with Crippen molar-refractivity contribution in [2.75, 3.05) is 38.2 Å². The molecule has 0 atom stereocenters. The highest BCUT2D eigenvalue weighted by Crippen LogP contribution is 2.25. The van der Waals surface area contributed by atoms with Crippen LogP contribution < -0.4 is 15.4 Å². The first-order valence-electron chi connectivity index (χ1n) is 10.3.